The van der Waals surface area contributed by atoms with Gasteiger partial charge in [-0.1, -0.05) is 24.3 Å². The number of halogens is 1. The van der Waals surface area contributed by atoms with E-state index in [-0.39, 0.29) is 17.3 Å². The Kier molecular flexibility index (Phi) is 2.49. The molecule has 2 aliphatic carbocycles. The summed E-state index contributed by atoms with van der Waals surface area (Å²) in [5, 5.41) is 0. The SMILES string of the molecule is O=C(c1ccncc1F)C1C2CCc3ccccc3C21. The predicted molar refractivity (Wildman–Crippen MR) is 73.0 cm³/mol. The Morgan fingerprint density at radius 1 is 1.25 bits per heavy atom. The number of aromatic nitrogens is 1. The number of fused-ring (bicyclic) bond motifs is 3. The maximum atomic E-state index is 13.7. The number of aryl methyl sites for hydroxylation is 1. The third-order valence-corrected chi connectivity index (χ3v) is 4.67. The number of nitrogens with zero attached hydrogens (tertiary/aromatic N) is 1. The summed E-state index contributed by atoms with van der Waals surface area (Å²) < 4.78 is 13.7. The van der Waals surface area contributed by atoms with E-state index in [1.54, 1.807) is 0 Å². The zero-order valence-corrected chi connectivity index (χ0v) is 10.9. The van der Waals surface area contributed by atoms with Gasteiger partial charge in [0.05, 0.1) is 11.8 Å². The number of hydrogen-bond donors (Lipinski definition) is 0. The van der Waals surface area contributed by atoms with E-state index in [1.165, 1.54) is 23.4 Å². The molecule has 0 aliphatic heterocycles. The van der Waals surface area contributed by atoms with E-state index in [9.17, 15) is 9.18 Å². The maximum absolute atomic E-state index is 13.7. The second kappa shape index (κ2) is 4.23. The molecule has 0 spiro atoms. The van der Waals surface area contributed by atoms with Crippen molar-refractivity contribution in [1.29, 1.82) is 0 Å². The molecule has 2 nitrogen and oxygen atoms in total. The largest absolute Gasteiger partial charge is 0.294 e. The first-order valence-electron chi connectivity index (χ1n) is 6.99. The average Bonchev–Trinajstić information content (AvgIpc) is 3.22. The standard InChI is InChI=1S/C17H14FNO/c18-14-9-19-8-7-12(14)17(20)16-13-6-5-10-3-1-2-4-11(10)15(13)16/h1-4,7-9,13,15-16H,5-6H2. The predicted octanol–water partition coefficient (Wildman–Crippen LogP) is 3.38. The van der Waals surface area contributed by atoms with Crippen molar-refractivity contribution in [3.63, 3.8) is 0 Å². The Morgan fingerprint density at radius 2 is 2.10 bits per heavy atom. The van der Waals surface area contributed by atoms with Gasteiger partial charge in [-0.2, -0.15) is 0 Å². The lowest BCUT2D eigenvalue weighted by Gasteiger charge is -2.13. The van der Waals surface area contributed by atoms with Gasteiger partial charge in [-0.25, -0.2) is 4.39 Å². The van der Waals surface area contributed by atoms with Gasteiger partial charge in [0.25, 0.3) is 0 Å². The number of hydrogen-bond acceptors (Lipinski definition) is 2. The molecule has 1 fully saturated rings. The van der Waals surface area contributed by atoms with E-state index in [4.69, 9.17) is 0 Å². The molecule has 2 aliphatic rings. The zero-order valence-electron chi connectivity index (χ0n) is 10.9. The summed E-state index contributed by atoms with van der Waals surface area (Å²) >= 11 is 0. The first kappa shape index (κ1) is 11.8. The first-order chi connectivity index (χ1) is 9.77. The molecule has 100 valence electrons. The molecule has 1 saturated carbocycles. The fourth-order valence-electron chi connectivity index (χ4n) is 3.68. The topological polar surface area (TPSA) is 30.0 Å². The lowest BCUT2D eigenvalue weighted by atomic mass is 9.92. The highest BCUT2D eigenvalue weighted by Gasteiger charge is 2.57. The molecule has 3 atom stereocenters. The highest BCUT2D eigenvalue weighted by atomic mass is 19.1. The van der Waals surface area contributed by atoms with Gasteiger partial charge in [-0.3, -0.25) is 9.78 Å². The molecule has 20 heavy (non-hydrogen) atoms. The number of carbonyl (C=O) groups is 1. The number of carbonyl (C=O) groups excluding carboxylic acids is 1. The van der Waals surface area contributed by atoms with Crippen LogP contribution in [0.15, 0.2) is 42.7 Å². The molecular weight excluding hydrogens is 253 g/mol. The summed E-state index contributed by atoms with van der Waals surface area (Å²) in [7, 11) is 0. The van der Waals surface area contributed by atoms with Crippen molar-refractivity contribution in [3.8, 4) is 0 Å². The van der Waals surface area contributed by atoms with Gasteiger partial charge in [0.2, 0.25) is 0 Å². The molecule has 1 aromatic heterocycles. The van der Waals surface area contributed by atoms with Crippen LogP contribution < -0.4 is 0 Å². The van der Waals surface area contributed by atoms with Gasteiger partial charge in [0, 0.05) is 12.1 Å². The summed E-state index contributed by atoms with van der Waals surface area (Å²) in [6, 6.07) is 9.81. The van der Waals surface area contributed by atoms with E-state index >= 15 is 0 Å². The number of ketones is 1. The molecule has 0 radical (unpaired) electrons. The van der Waals surface area contributed by atoms with Crippen LogP contribution in [-0.4, -0.2) is 10.8 Å². The quantitative estimate of drug-likeness (QED) is 0.781. The Hall–Kier alpha value is -2.03. The second-order valence-electron chi connectivity index (χ2n) is 5.67. The molecule has 3 unspecified atom stereocenters. The van der Waals surface area contributed by atoms with Crippen molar-refractivity contribution in [2.24, 2.45) is 11.8 Å². The van der Waals surface area contributed by atoms with E-state index in [1.807, 2.05) is 12.1 Å². The number of Topliss-reactive ketones (excluding diaryl/α,β-unsaturated/α-hetero) is 1. The zero-order chi connectivity index (χ0) is 13.7. The van der Waals surface area contributed by atoms with Gasteiger partial charge >= 0.3 is 0 Å². The molecule has 4 rings (SSSR count). The lowest BCUT2D eigenvalue weighted by Crippen LogP contribution is -2.07. The minimum atomic E-state index is -0.505. The molecule has 3 heteroatoms. The van der Waals surface area contributed by atoms with Crippen molar-refractivity contribution < 1.29 is 9.18 Å². The van der Waals surface area contributed by atoms with Gasteiger partial charge in [0.1, 0.15) is 0 Å². The summed E-state index contributed by atoms with van der Waals surface area (Å²) in [6.45, 7) is 0. The summed E-state index contributed by atoms with van der Waals surface area (Å²) in [5.41, 5.74) is 2.83. The van der Waals surface area contributed by atoms with Gasteiger partial charge in [-0.15, -0.1) is 0 Å². The van der Waals surface area contributed by atoms with Crippen LogP contribution in [0.1, 0.15) is 33.8 Å². The highest BCUT2D eigenvalue weighted by Crippen LogP contribution is 2.60. The van der Waals surface area contributed by atoms with E-state index in [0.717, 1.165) is 19.0 Å². The summed E-state index contributed by atoms with van der Waals surface area (Å²) in [4.78, 5) is 16.2. The third-order valence-electron chi connectivity index (χ3n) is 4.67. The lowest BCUT2D eigenvalue weighted by molar-refractivity contribution is 0.0955. The van der Waals surface area contributed by atoms with E-state index < -0.39 is 5.82 Å². The summed E-state index contributed by atoms with van der Waals surface area (Å²) in [6.07, 6.45) is 4.66. The minimum Gasteiger partial charge on any atom is -0.294 e. The van der Waals surface area contributed by atoms with Gasteiger partial charge in [0.15, 0.2) is 11.6 Å². The van der Waals surface area contributed by atoms with E-state index in [2.05, 4.69) is 17.1 Å². The Morgan fingerprint density at radius 3 is 2.95 bits per heavy atom. The van der Waals surface area contributed by atoms with Crippen molar-refractivity contribution in [1.82, 2.24) is 4.98 Å². The molecule has 0 saturated heterocycles. The van der Waals surface area contributed by atoms with E-state index in [0.29, 0.717) is 11.8 Å². The average molecular weight is 267 g/mol. The highest BCUT2D eigenvalue weighted by molar-refractivity contribution is 6.01. The fourth-order valence-corrected chi connectivity index (χ4v) is 3.68. The minimum absolute atomic E-state index is 0.0458. The molecule has 2 aromatic rings. The van der Waals surface area contributed by atoms with Crippen molar-refractivity contribution >= 4 is 5.78 Å². The van der Waals surface area contributed by atoms with Gasteiger partial charge < -0.3 is 0 Å². The van der Waals surface area contributed by atoms with Crippen LogP contribution in [0, 0.1) is 17.7 Å². The van der Waals surface area contributed by atoms with Crippen LogP contribution in [0.2, 0.25) is 0 Å². The van der Waals surface area contributed by atoms with Crippen LogP contribution in [0.5, 0.6) is 0 Å². The monoisotopic (exact) mass is 267 g/mol. The molecule has 0 amide bonds. The van der Waals surface area contributed by atoms with Crippen LogP contribution in [-0.2, 0) is 6.42 Å². The Balaban J connectivity index is 1.68. The molecule has 1 aromatic carbocycles. The normalized spacial score (nSPS) is 26.6. The third kappa shape index (κ3) is 1.62. The van der Waals surface area contributed by atoms with Crippen molar-refractivity contribution in [2.75, 3.05) is 0 Å². The van der Waals surface area contributed by atoms with Gasteiger partial charge in [-0.05, 0) is 41.9 Å². The van der Waals surface area contributed by atoms with Crippen molar-refractivity contribution in [2.45, 2.75) is 18.8 Å². The number of benzene rings is 1. The van der Waals surface area contributed by atoms with Crippen LogP contribution >= 0.6 is 0 Å². The Labute approximate surface area is 116 Å². The second-order valence-corrected chi connectivity index (χ2v) is 5.67. The number of rotatable bonds is 2. The molecule has 1 heterocycles. The molecule has 0 bridgehead atoms. The summed E-state index contributed by atoms with van der Waals surface area (Å²) in [5.74, 6) is 0.0755. The fraction of sp³-hybridized carbons (Fsp3) is 0.294. The molecular formula is C17H14FNO. The molecule has 0 N–H and O–H groups in total. The van der Waals surface area contributed by atoms with Crippen LogP contribution in [0.4, 0.5) is 4.39 Å². The van der Waals surface area contributed by atoms with Crippen LogP contribution in [0.3, 0.4) is 0 Å². The van der Waals surface area contributed by atoms with Crippen molar-refractivity contribution in [3.05, 3.63) is 65.2 Å². The Bertz CT molecular complexity index is 697. The first-order valence-corrected chi connectivity index (χ1v) is 6.99. The van der Waals surface area contributed by atoms with Crippen LogP contribution in [0.25, 0.3) is 0 Å². The maximum Gasteiger partial charge on any atom is 0.169 e. The smallest absolute Gasteiger partial charge is 0.169 e. The number of pyridine rings is 1.